The van der Waals surface area contributed by atoms with Gasteiger partial charge in [0.1, 0.15) is 0 Å². The van der Waals surface area contributed by atoms with E-state index >= 15 is 0 Å². The molecule has 0 aliphatic rings. The minimum Gasteiger partial charge on any atom is -0.478 e. The Morgan fingerprint density at radius 3 is 2.37 bits per heavy atom. The van der Waals surface area contributed by atoms with Gasteiger partial charge in [0.15, 0.2) is 0 Å². The maximum absolute atomic E-state index is 10.2. The van der Waals surface area contributed by atoms with E-state index in [1.165, 1.54) is 17.2 Å². The number of allylic oxidation sites excluding steroid dienone is 1. The van der Waals surface area contributed by atoms with E-state index in [2.05, 4.69) is 25.6 Å². The van der Waals surface area contributed by atoms with Gasteiger partial charge in [-0.05, 0) is 47.7 Å². The minimum atomic E-state index is -1.26. The first kappa shape index (κ1) is 22.2. The summed E-state index contributed by atoms with van der Waals surface area (Å²) in [6, 6.07) is 14.1. The fraction of sp³-hybridized carbons (Fsp3) is 0.143. The Labute approximate surface area is 163 Å². The van der Waals surface area contributed by atoms with Crippen molar-refractivity contribution in [1.82, 2.24) is 0 Å². The van der Waals surface area contributed by atoms with Crippen LogP contribution in [0.25, 0.3) is 11.1 Å². The molecule has 0 aliphatic heterocycles. The molecule has 0 heterocycles. The lowest BCUT2D eigenvalue weighted by Crippen LogP contribution is -2.02. The Kier molecular flexibility index (Phi) is 8.99. The van der Waals surface area contributed by atoms with Crippen molar-refractivity contribution in [2.75, 3.05) is 0 Å². The van der Waals surface area contributed by atoms with Gasteiger partial charge in [-0.1, -0.05) is 48.0 Å². The summed E-state index contributed by atoms with van der Waals surface area (Å²) in [6.45, 7) is 5.92. The summed E-state index contributed by atoms with van der Waals surface area (Å²) in [6.07, 6.45) is 2.05. The molecule has 2 aromatic rings. The van der Waals surface area contributed by atoms with Crippen molar-refractivity contribution in [1.29, 1.82) is 0 Å². The van der Waals surface area contributed by atoms with Gasteiger partial charge in [-0.25, -0.2) is 9.59 Å². The van der Waals surface area contributed by atoms with Gasteiger partial charge >= 0.3 is 11.9 Å². The third kappa shape index (κ3) is 7.09. The van der Waals surface area contributed by atoms with E-state index in [0.29, 0.717) is 12.6 Å². The second-order valence-corrected chi connectivity index (χ2v) is 6.06. The van der Waals surface area contributed by atoms with Crippen LogP contribution in [0, 0.1) is 6.92 Å². The Morgan fingerprint density at radius 2 is 1.81 bits per heavy atom. The van der Waals surface area contributed by atoms with Crippen molar-refractivity contribution in [3.63, 3.8) is 0 Å². The maximum atomic E-state index is 10.2. The van der Waals surface area contributed by atoms with E-state index in [4.69, 9.17) is 27.5 Å². The first-order valence-corrected chi connectivity index (χ1v) is 8.50. The quantitative estimate of drug-likeness (QED) is 0.502. The highest BCUT2D eigenvalue weighted by atomic mass is 35.5. The maximum Gasteiger partial charge on any atom is 0.332 e. The molecular weight excluding hydrogens is 366 g/mol. The monoisotopic (exact) mass is 387 g/mol. The zero-order valence-corrected chi connectivity index (χ0v) is 15.7. The van der Waals surface area contributed by atoms with Gasteiger partial charge in [0.2, 0.25) is 0 Å². The molecule has 0 radical (unpaired) electrons. The summed E-state index contributed by atoms with van der Waals surface area (Å²) in [7, 11) is 0. The number of hydrogen-bond donors (Lipinski definition) is 3. The molecule has 0 spiro atoms. The number of aliphatic carboxylic acids is 2. The molecule has 27 heavy (non-hydrogen) atoms. The summed E-state index contributed by atoms with van der Waals surface area (Å²) in [4.78, 5) is 20.3. The van der Waals surface area contributed by atoms with Crippen LogP contribution in [-0.2, 0) is 16.1 Å². The van der Waals surface area contributed by atoms with E-state index < -0.39 is 11.9 Å². The molecule has 0 aliphatic carbocycles. The van der Waals surface area contributed by atoms with E-state index in [9.17, 15) is 9.59 Å². The Balaban J connectivity index is 0.000000293. The van der Waals surface area contributed by atoms with Gasteiger partial charge in [0.25, 0.3) is 0 Å². The van der Waals surface area contributed by atoms with E-state index in [1.54, 1.807) is 0 Å². The van der Waals surface area contributed by atoms with Gasteiger partial charge < -0.3 is 15.9 Å². The molecule has 2 rings (SSSR count). The highest BCUT2D eigenvalue weighted by Crippen LogP contribution is 2.29. The third-order valence-electron chi connectivity index (χ3n) is 3.66. The number of carboxylic acid groups (broad SMARTS) is 2. The summed E-state index contributed by atoms with van der Waals surface area (Å²) < 4.78 is 0. The number of carbonyl (C=O) groups is 2. The average Bonchev–Trinajstić information content (AvgIpc) is 2.63. The van der Waals surface area contributed by atoms with Gasteiger partial charge in [-0.3, -0.25) is 0 Å². The van der Waals surface area contributed by atoms with Gasteiger partial charge in [0, 0.05) is 23.2 Å². The molecule has 0 bridgehead atoms. The summed E-state index contributed by atoms with van der Waals surface area (Å²) in [5, 5.41) is 17.3. The van der Waals surface area contributed by atoms with Crippen molar-refractivity contribution in [3.05, 3.63) is 82.9 Å². The van der Waals surface area contributed by atoms with Crippen molar-refractivity contribution >= 4 is 23.5 Å². The molecule has 0 unspecified atom stereocenters. The van der Waals surface area contributed by atoms with Gasteiger partial charge in [-0.2, -0.15) is 0 Å². The van der Waals surface area contributed by atoms with E-state index in [0.717, 1.165) is 16.1 Å². The lowest BCUT2D eigenvalue weighted by molar-refractivity contribution is -0.135. The molecular formula is C21H22ClNO4. The van der Waals surface area contributed by atoms with Gasteiger partial charge in [0.05, 0.1) is 0 Å². The lowest BCUT2D eigenvalue weighted by Gasteiger charge is -2.11. The Bertz CT molecular complexity index is 859. The number of carboxylic acids is 2. The van der Waals surface area contributed by atoms with Crippen molar-refractivity contribution < 1.29 is 19.8 Å². The van der Waals surface area contributed by atoms with Crippen LogP contribution in [0.5, 0.6) is 0 Å². The zero-order chi connectivity index (χ0) is 20.4. The van der Waals surface area contributed by atoms with Crippen LogP contribution < -0.4 is 5.73 Å². The molecule has 0 saturated carbocycles. The van der Waals surface area contributed by atoms with Crippen LogP contribution in [0.15, 0.2) is 66.8 Å². The number of nitrogens with two attached hydrogens (primary N) is 1. The highest BCUT2D eigenvalue weighted by molar-refractivity contribution is 6.30. The fourth-order valence-corrected chi connectivity index (χ4v) is 2.53. The van der Waals surface area contributed by atoms with Crippen molar-refractivity contribution in [3.8, 4) is 11.1 Å². The highest BCUT2D eigenvalue weighted by Gasteiger charge is 2.07. The van der Waals surface area contributed by atoms with Crippen LogP contribution in [0.1, 0.15) is 17.5 Å². The van der Waals surface area contributed by atoms with Crippen LogP contribution in [0.3, 0.4) is 0 Å². The predicted molar refractivity (Wildman–Crippen MR) is 108 cm³/mol. The summed E-state index contributed by atoms with van der Waals surface area (Å²) >= 11 is 6.03. The number of rotatable bonds is 6. The topological polar surface area (TPSA) is 101 Å². The van der Waals surface area contributed by atoms with E-state index in [-0.39, 0.29) is 12.0 Å². The minimum absolute atomic E-state index is 0.0572. The molecule has 4 N–H and O–H groups in total. The largest absolute Gasteiger partial charge is 0.478 e. The SMILES string of the molecule is C=CC/C(=C\C(=O)O)C(=O)O.Cc1ccc(Cl)cc1-c1ccccc1CN. The third-order valence-corrected chi connectivity index (χ3v) is 3.90. The number of hydrogen-bond acceptors (Lipinski definition) is 3. The van der Waals surface area contributed by atoms with Crippen molar-refractivity contribution in [2.45, 2.75) is 19.9 Å². The molecule has 0 aromatic heterocycles. The standard InChI is InChI=1S/C14H14ClN.C7H8O4/c1-10-6-7-12(15)8-14(10)13-5-3-2-4-11(13)9-16;1-2-3-5(7(10)11)4-6(8)9/h2-8H,9,16H2,1H3;2,4H,1,3H2,(H,8,9)(H,10,11)/b;5-4+. The van der Waals surface area contributed by atoms with Crippen LogP contribution >= 0.6 is 11.6 Å². The molecule has 5 nitrogen and oxygen atoms in total. The molecule has 2 aromatic carbocycles. The first-order valence-electron chi connectivity index (χ1n) is 8.12. The first-order chi connectivity index (χ1) is 12.8. The predicted octanol–water partition coefficient (Wildman–Crippen LogP) is 4.43. The number of halogens is 1. The summed E-state index contributed by atoms with van der Waals surface area (Å²) in [5.74, 6) is -2.49. The van der Waals surface area contributed by atoms with E-state index in [1.807, 2.05) is 30.3 Å². The second kappa shape index (κ2) is 11.0. The second-order valence-electron chi connectivity index (χ2n) is 5.63. The van der Waals surface area contributed by atoms with Crippen molar-refractivity contribution in [2.24, 2.45) is 5.73 Å². The van der Waals surface area contributed by atoms with Crippen LogP contribution in [0.2, 0.25) is 5.02 Å². The van der Waals surface area contributed by atoms with Crippen LogP contribution in [0.4, 0.5) is 0 Å². The molecule has 0 saturated heterocycles. The molecule has 142 valence electrons. The summed E-state index contributed by atoms with van der Waals surface area (Å²) in [5.41, 5.74) is 10.3. The smallest absolute Gasteiger partial charge is 0.332 e. The fourth-order valence-electron chi connectivity index (χ4n) is 2.36. The average molecular weight is 388 g/mol. The molecule has 0 amide bonds. The molecule has 6 heteroatoms. The van der Waals surface area contributed by atoms with Crippen LogP contribution in [-0.4, -0.2) is 22.2 Å². The molecule has 0 fully saturated rings. The Morgan fingerprint density at radius 1 is 1.15 bits per heavy atom. The lowest BCUT2D eigenvalue weighted by atomic mass is 9.96. The zero-order valence-electron chi connectivity index (χ0n) is 15.0. The van der Waals surface area contributed by atoms with Gasteiger partial charge in [-0.15, -0.1) is 6.58 Å². The Hall–Kier alpha value is -2.89. The normalized spacial score (nSPS) is 10.6. The molecule has 0 atom stereocenters. The number of aryl methyl sites for hydroxylation is 1. The number of benzene rings is 2.